The van der Waals surface area contributed by atoms with Crippen LogP contribution in [0.25, 0.3) is 0 Å². The molecule has 16 heavy (non-hydrogen) atoms. The van der Waals surface area contributed by atoms with E-state index in [0.717, 1.165) is 16.6 Å². The van der Waals surface area contributed by atoms with Crippen molar-refractivity contribution < 1.29 is 4.74 Å². The van der Waals surface area contributed by atoms with Gasteiger partial charge < -0.3 is 9.64 Å². The number of hydrogen-bond donors (Lipinski definition) is 0. The van der Waals surface area contributed by atoms with Crippen molar-refractivity contribution in [1.29, 1.82) is 0 Å². The predicted octanol–water partition coefficient (Wildman–Crippen LogP) is 3.10. The van der Waals surface area contributed by atoms with Crippen molar-refractivity contribution in [3.05, 3.63) is 28.2 Å². The number of rotatable bonds is 4. The first-order valence-electron chi connectivity index (χ1n) is 5.84. The summed E-state index contributed by atoms with van der Waals surface area (Å²) in [6, 6.07) is 6.35. The lowest BCUT2D eigenvalue weighted by atomic mass is 10.1. The molecule has 0 aromatic heterocycles. The van der Waals surface area contributed by atoms with Crippen LogP contribution in [0.2, 0.25) is 0 Å². The van der Waals surface area contributed by atoms with E-state index >= 15 is 0 Å². The molecule has 88 valence electrons. The van der Waals surface area contributed by atoms with Crippen LogP contribution in [0.3, 0.4) is 0 Å². The highest BCUT2D eigenvalue weighted by Gasteiger charge is 2.11. The molecule has 0 spiro atoms. The van der Waals surface area contributed by atoms with Crippen LogP contribution in [0.1, 0.15) is 18.4 Å². The van der Waals surface area contributed by atoms with E-state index in [-0.39, 0.29) is 0 Å². The highest BCUT2D eigenvalue weighted by atomic mass is 79.9. The Kier molecular flexibility index (Phi) is 4.24. The Labute approximate surface area is 106 Å². The monoisotopic (exact) mass is 283 g/mol. The van der Waals surface area contributed by atoms with E-state index in [1.165, 1.54) is 38.0 Å². The van der Waals surface area contributed by atoms with Gasteiger partial charge in [0.25, 0.3) is 0 Å². The second kappa shape index (κ2) is 5.69. The molecule has 1 saturated heterocycles. The van der Waals surface area contributed by atoms with Gasteiger partial charge in [-0.25, -0.2) is 0 Å². The molecule has 2 nitrogen and oxygen atoms in total. The molecule has 1 aromatic carbocycles. The SMILES string of the molecule is COc1ccc(CCN2CCCC2)cc1Br. The first-order valence-corrected chi connectivity index (χ1v) is 6.63. The molecule has 0 saturated carbocycles. The van der Waals surface area contributed by atoms with Gasteiger partial charge in [0.15, 0.2) is 0 Å². The van der Waals surface area contributed by atoms with Gasteiger partial charge in [-0.15, -0.1) is 0 Å². The highest BCUT2D eigenvalue weighted by molar-refractivity contribution is 9.10. The fourth-order valence-corrected chi connectivity index (χ4v) is 2.75. The highest BCUT2D eigenvalue weighted by Crippen LogP contribution is 2.25. The molecule has 1 aromatic rings. The average molecular weight is 284 g/mol. The zero-order valence-corrected chi connectivity index (χ0v) is 11.3. The van der Waals surface area contributed by atoms with Gasteiger partial charge in [0.1, 0.15) is 5.75 Å². The molecule has 0 amide bonds. The Bertz CT molecular complexity index is 348. The maximum Gasteiger partial charge on any atom is 0.133 e. The van der Waals surface area contributed by atoms with Gasteiger partial charge in [0.05, 0.1) is 11.6 Å². The number of halogens is 1. The molecule has 0 atom stereocenters. The van der Waals surface area contributed by atoms with E-state index in [1.54, 1.807) is 7.11 Å². The third-order valence-corrected chi connectivity index (χ3v) is 3.75. The third kappa shape index (κ3) is 2.98. The van der Waals surface area contributed by atoms with Crippen molar-refractivity contribution in [2.24, 2.45) is 0 Å². The van der Waals surface area contributed by atoms with Crippen molar-refractivity contribution in [2.75, 3.05) is 26.7 Å². The molecule has 1 fully saturated rings. The summed E-state index contributed by atoms with van der Waals surface area (Å²) in [5.74, 6) is 0.907. The molecular formula is C13H18BrNO. The quantitative estimate of drug-likeness (QED) is 0.842. The Balaban J connectivity index is 1.91. The minimum absolute atomic E-state index is 0.907. The molecule has 0 N–H and O–H groups in total. The topological polar surface area (TPSA) is 12.5 Å². The fraction of sp³-hybridized carbons (Fsp3) is 0.538. The summed E-state index contributed by atoms with van der Waals surface area (Å²) < 4.78 is 6.27. The normalized spacial score (nSPS) is 16.6. The maximum absolute atomic E-state index is 5.22. The lowest BCUT2D eigenvalue weighted by Gasteiger charge is -2.14. The standard InChI is InChI=1S/C13H18BrNO/c1-16-13-5-4-11(10-12(13)14)6-9-15-7-2-3-8-15/h4-5,10H,2-3,6-9H2,1H3. The van der Waals surface area contributed by atoms with Crippen molar-refractivity contribution in [2.45, 2.75) is 19.3 Å². The summed E-state index contributed by atoms with van der Waals surface area (Å²) in [6.07, 6.45) is 3.86. The van der Waals surface area contributed by atoms with E-state index in [9.17, 15) is 0 Å². The molecule has 2 rings (SSSR count). The summed E-state index contributed by atoms with van der Waals surface area (Å²) in [4.78, 5) is 2.54. The van der Waals surface area contributed by atoms with Gasteiger partial charge in [-0.1, -0.05) is 6.07 Å². The molecule has 1 aliphatic rings. The maximum atomic E-state index is 5.22. The van der Waals surface area contributed by atoms with Crippen molar-refractivity contribution >= 4 is 15.9 Å². The van der Waals surface area contributed by atoms with E-state index in [1.807, 2.05) is 6.07 Å². The van der Waals surface area contributed by atoms with Crippen LogP contribution < -0.4 is 4.74 Å². The largest absolute Gasteiger partial charge is 0.496 e. The van der Waals surface area contributed by atoms with E-state index < -0.39 is 0 Å². The van der Waals surface area contributed by atoms with E-state index in [0.29, 0.717) is 0 Å². The van der Waals surface area contributed by atoms with Crippen LogP contribution in [0.4, 0.5) is 0 Å². The molecule has 0 aliphatic carbocycles. The molecule has 0 unspecified atom stereocenters. The van der Waals surface area contributed by atoms with Gasteiger partial charge in [-0.3, -0.25) is 0 Å². The van der Waals surface area contributed by atoms with Crippen LogP contribution >= 0.6 is 15.9 Å². The number of likely N-dealkylation sites (tertiary alicyclic amines) is 1. The first-order chi connectivity index (χ1) is 7.79. The van der Waals surface area contributed by atoms with Crippen LogP contribution in [0.5, 0.6) is 5.75 Å². The fourth-order valence-electron chi connectivity index (χ4n) is 2.16. The molecule has 0 radical (unpaired) electrons. The molecule has 0 bridgehead atoms. The summed E-state index contributed by atoms with van der Waals surface area (Å²) in [6.45, 7) is 3.73. The second-order valence-electron chi connectivity index (χ2n) is 4.27. The Morgan fingerprint density at radius 2 is 2.06 bits per heavy atom. The molecular weight excluding hydrogens is 266 g/mol. The summed E-state index contributed by atoms with van der Waals surface area (Å²) in [5, 5.41) is 0. The number of methoxy groups -OCH3 is 1. The predicted molar refractivity (Wildman–Crippen MR) is 70.1 cm³/mol. The minimum Gasteiger partial charge on any atom is -0.496 e. The van der Waals surface area contributed by atoms with Crippen LogP contribution in [-0.2, 0) is 6.42 Å². The Hall–Kier alpha value is -0.540. The number of benzene rings is 1. The van der Waals surface area contributed by atoms with Crippen molar-refractivity contribution in [3.63, 3.8) is 0 Å². The molecule has 3 heteroatoms. The van der Waals surface area contributed by atoms with Gasteiger partial charge in [-0.05, 0) is 66.0 Å². The van der Waals surface area contributed by atoms with Gasteiger partial charge in [0.2, 0.25) is 0 Å². The van der Waals surface area contributed by atoms with Crippen LogP contribution in [-0.4, -0.2) is 31.6 Å². The van der Waals surface area contributed by atoms with Gasteiger partial charge >= 0.3 is 0 Å². The van der Waals surface area contributed by atoms with Gasteiger partial charge in [-0.2, -0.15) is 0 Å². The molecule has 1 heterocycles. The second-order valence-corrected chi connectivity index (χ2v) is 5.12. The van der Waals surface area contributed by atoms with Crippen LogP contribution in [0, 0.1) is 0 Å². The first kappa shape index (κ1) is 11.9. The zero-order chi connectivity index (χ0) is 11.4. The van der Waals surface area contributed by atoms with E-state index in [2.05, 4.69) is 33.0 Å². The number of ether oxygens (including phenoxy) is 1. The summed E-state index contributed by atoms with van der Waals surface area (Å²) in [5.41, 5.74) is 1.37. The lowest BCUT2D eigenvalue weighted by Crippen LogP contribution is -2.21. The lowest BCUT2D eigenvalue weighted by molar-refractivity contribution is 0.343. The van der Waals surface area contributed by atoms with Gasteiger partial charge in [0, 0.05) is 6.54 Å². The summed E-state index contributed by atoms with van der Waals surface area (Å²) >= 11 is 3.52. The minimum atomic E-state index is 0.907. The average Bonchev–Trinajstić information content (AvgIpc) is 2.79. The smallest absolute Gasteiger partial charge is 0.133 e. The number of hydrogen-bond acceptors (Lipinski definition) is 2. The zero-order valence-electron chi connectivity index (χ0n) is 9.71. The van der Waals surface area contributed by atoms with Crippen LogP contribution in [0.15, 0.2) is 22.7 Å². The van der Waals surface area contributed by atoms with Crippen molar-refractivity contribution in [3.8, 4) is 5.75 Å². The third-order valence-electron chi connectivity index (χ3n) is 3.13. The molecule has 1 aliphatic heterocycles. The number of nitrogens with zero attached hydrogens (tertiary/aromatic N) is 1. The van der Waals surface area contributed by atoms with E-state index in [4.69, 9.17) is 4.74 Å². The summed E-state index contributed by atoms with van der Waals surface area (Å²) in [7, 11) is 1.70. The van der Waals surface area contributed by atoms with Crippen molar-refractivity contribution in [1.82, 2.24) is 4.90 Å². The Morgan fingerprint density at radius 3 is 2.69 bits per heavy atom. The Morgan fingerprint density at radius 1 is 1.31 bits per heavy atom.